The van der Waals surface area contributed by atoms with Crippen LogP contribution in [-0.4, -0.2) is 22.5 Å². The normalized spacial score (nSPS) is 13.3. The number of hydrogen-bond donors (Lipinski definition) is 0. The van der Waals surface area contributed by atoms with Gasteiger partial charge < -0.3 is 0 Å². The van der Waals surface area contributed by atoms with Gasteiger partial charge in [-0.25, -0.2) is 20.0 Å². The Morgan fingerprint density at radius 2 is 0.982 bits per heavy atom. The van der Waals surface area contributed by atoms with E-state index in [2.05, 4.69) is 169 Å². The van der Waals surface area contributed by atoms with Crippen molar-refractivity contribution in [1.29, 1.82) is 0 Å². The van der Waals surface area contributed by atoms with Crippen LogP contribution in [0.4, 0.5) is 0 Å². The molecule has 0 bridgehead atoms. The van der Waals surface area contributed by atoms with Crippen molar-refractivity contribution in [3.63, 3.8) is 0 Å². The lowest BCUT2D eigenvalue weighted by molar-refractivity contribution is 0.719. The van der Waals surface area contributed by atoms with Crippen LogP contribution < -0.4 is 0 Å². The molecule has 0 N–H and O–H groups in total. The van der Waals surface area contributed by atoms with E-state index in [-0.39, 0.29) is 0 Å². The fourth-order valence-corrected chi connectivity index (χ4v) is 8.02. The van der Waals surface area contributed by atoms with E-state index >= 15 is 0 Å². The molecule has 4 heteroatoms. The van der Waals surface area contributed by atoms with Gasteiger partial charge in [-0.2, -0.15) is 0 Å². The van der Waals surface area contributed by atoms with Crippen LogP contribution in [0.5, 0.6) is 0 Å². The first-order chi connectivity index (χ1) is 27.7. The minimum atomic E-state index is -0.582. The molecule has 0 amide bonds. The van der Waals surface area contributed by atoms with Crippen LogP contribution in [0.3, 0.4) is 0 Å². The fraction of sp³-hybridized carbons (Fsp3) is 0.0385. The Morgan fingerprint density at radius 1 is 0.500 bits per heavy atom. The number of allylic oxidation sites excluding steroid dienone is 1. The molecule has 1 aliphatic rings. The van der Waals surface area contributed by atoms with Crippen LogP contribution in [0.1, 0.15) is 33.4 Å². The first kappa shape index (κ1) is 34.5. The summed E-state index contributed by atoms with van der Waals surface area (Å²) in [6.45, 7) is 4.04. The van der Waals surface area contributed by atoms with Gasteiger partial charge in [0.25, 0.3) is 0 Å². The highest BCUT2D eigenvalue weighted by atomic mass is 14.9. The van der Waals surface area contributed by atoms with E-state index < -0.39 is 5.41 Å². The minimum absolute atomic E-state index is 0.549. The summed E-state index contributed by atoms with van der Waals surface area (Å²) in [5.41, 5.74) is 13.0. The summed E-state index contributed by atoms with van der Waals surface area (Å²) < 4.78 is 0. The van der Waals surface area contributed by atoms with Gasteiger partial charge >= 0.3 is 0 Å². The van der Waals surface area contributed by atoms with Crippen LogP contribution >= 0.6 is 0 Å². The predicted octanol–water partition coefficient (Wildman–Crippen LogP) is 11.9. The quantitative estimate of drug-likeness (QED) is 0.110. The molecule has 0 spiro atoms. The van der Waals surface area contributed by atoms with Crippen molar-refractivity contribution in [1.82, 2.24) is 9.97 Å². The monoisotopic (exact) mass is 718 g/mol. The van der Waals surface area contributed by atoms with E-state index in [4.69, 9.17) is 15.0 Å². The van der Waals surface area contributed by atoms with E-state index in [0.717, 1.165) is 44.9 Å². The van der Waals surface area contributed by atoms with Crippen molar-refractivity contribution < 1.29 is 0 Å². The second kappa shape index (κ2) is 15.2. The summed E-state index contributed by atoms with van der Waals surface area (Å²) in [7, 11) is 0. The number of benzene rings is 7. The fourth-order valence-electron chi connectivity index (χ4n) is 8.02. The van der Waals surface area contributed by atoms with E-state index in [0.29, 0.717) is 18.1 Å². The maximum Gasteiger partial charge on any atom is 0.160 e. The first-order valence-corrected chi connectivity index (χ1v) is 18.9. The number of hydrogen-bond acceptors (Lipinski definition) is 3. The van der Waals surface area contributed by atoms with Gasteiger partial charge in [-0.1, -0.05) is 200 Å². The Hall–Kier alpha value is -7.30. The average Bonchev–Trinajstić information content (AvgIpc) is 3.55. The van der Waals surface area contributed by atoms with Crippen molar-refractivity contribution in [2.45, 2.75) is 11.8 Å². The molecular formula is C52H38N4. The number of nitrogens with zero attached hydrogens (tertiary/aromatic N) is 4. The summed E-state index contributed by atoms with van der Waals surface area (Å²) in [6, 6.07) is 71.7. The largest absolute Gasteiger partial charge is 0.245 e. The Bertz CT molecular complexity index is 2590. The molecule has 4 nitrogen and oxygen atoms in total. The smallest absolute Gasteiger partial charge is 0.160 e. The molecule has 7 aromatic carbocycles. The predicted molar refractivity (Wildman–Crippen MR) is 231 cm³/mol. The highest BCUT2D eigenvalue weighted by molar-refractivity contribution is 6.05. The van der Waals surface area contributed by atoms with E-state index in [1.54, 1.807) is 0 Å². The SMILES string of the molecule is C=N/C(=N\C1=C(Cc2ccccc2)C(c2ccccc2)(c2ccccc2)c2ccccc21)c1ccc(-c2nc(-c3ccccc3)cc(-c3ccccc3)n2)cc1. The van der Waals surface area contributed by atoms with E-state index in [1.165, 1.54) is 27.8 Å². The number of fused-ring (bicyclic) bond motifs is 1. The molecule has 0 saturated heterocycles. The van der Waals surface area contributed by atoms with Crippen LogP contribution in [0, 0.1) is 0 Å². The summed E-state index contributed by atoms with van der Waals surface area (Å²) in [6.07, 6.45) is 0.695. The second-order valence-corrected chi connectivity index (χ2v) is 13.9. The maximum atomic E-state index is 5.48. The summed E-state index contributed by atoms with van der Waals surface area (Å²) in [5, 5.41) is 0. The third kappa shape index (κ3) is 6.37. The van der Waals surface area contributed by atoms with E-state index in [1.807, 2.05) is 48.5 Å². The summed E-state index contributed by atoms with van der Waals surface area (Å²) in [5.74, 6) is 1.20. The zero-order valence-electron chi connectivity index (χ0n) is 30.8. The zero-order chi connectivity index (χ0) is 37.7. The minimum Gasteiger partial charge on any atom is -0.245 e. The number of aromatic nitrogens is 2. The van der Waals surface area contributed by atoms with Crippen molar-refractivity contribution in [3.8, 4) is 33.9 Å². The maximum absolute atomic E-state index is 5.48. The second-order valence-electron chi connectivity index (χ2n) is 13.9. The van der Waals surface area contributed by atoms with Gasteiger partial charge in [-0.3, -0.25) is 0 Å². The summed E-state index contributed by atoms with van der Waals surface area (Å²) in [4.78, 5) is 20.1. The molecule has 1 aromatic heterocycles. The van der Waals surface area contributed by atoms with Gasteiger partial charge in [0.05, 0.1) is 22.5 Å². The molecular weight excluding hydrogens is 681 g/mol. The lowest BCUT2D eigenvalue weighted by Crippen LogP contribution is -2.31. The molecule has 0 fully saturated rings. The molecule has 56 heavy (non-hydrogen) atoms. The van der Waals surface area contributed by atoms with Crippen molar-refractivity contribution >= 4 is 18.3 Å². The van der Waals surface area contributed by atoms with Gasteiger partial charge in [-0.05, 0) is 47.0 Å². The molecule has 1 aliphatic carbocycles. The Kier molecular flexibility index (Phi) is 9.36. The standard InChI is InChI=1S/C52H38N4/c1-53-50(40-31-33-41(34-32-40)51-54-47(38-21-9-3-10-22-38)36-48(55-51)39-23-11-4-12-24-39)56-49-44-29-17-18-30-45(44)52(42-25-13-5-14-26-42,43-27-15-6-16-28-43)46(49)35-37-19-7-2-8-20-37/h2-34,36H,1,35H2/b56-50-. The van der Waals surface area contributed by atoms with Gasteiger partial charge in [0.1, 0.15) is 0 Å². The lowest BCUT2D eigenvalue weighted by Gasteiger charge is -2.35. The van der Waals surface area contributed by atoms with Crippen LogP contribution in [0.25, 0.3) is 39.6 Å². The average molecular weight is 719 g/mol. The molecule has 8 aromatic rings. The third-order valence-corrected chi connectivity index (χ3v) is 10.6. The molecule has 1 heterocycles. The molecule has 0 saturated carbocycles. The molecule has 0 aliphatic heterocycles. The van der Waals surface area contributed by atoms with Gasteiger partial charge in [0, 0.05) is 27.8 Å². The molecule has 9 rings (SSSR count). The molecule has 0 unspecified atom stereocenters. The van der Waals surface area contributed by atoms with Gasteiger partial charge in [-0.15, -0.1) is 0 Å². The van der Waals surface area contributed by atoms with Crippen molar-refractivity contribution in [2.75, 3.05) is 0 Å². The molecule has 0 radical (unpaired) electrons. The first-order valence-electron chi connectivity index (χ1n) is 18.9. The Morgan fingerprint density at radius 3 is 1.52 bits per heavy atom. The van der Waals surface area contributed by atoms with Crippen molar-refractivity contribution in [2.24, 2.45) is 9.98 Å². The summed E-state index contributed by atoms with van der Waals surface area (Å²) >= 11 is 0. The highest BCUT2D eigenvalue weighted by Crippen LogP contribution is 2.55. The van der Waals surface area contributed by atoms with Crippen LogP contribution in [0.2, 0.25) is 0 Å². The van der Waals surface area contributed by atoms with Crippen molar-refractivity contribution in [3.05, 3.63) is 245 Å². The number of rotatable bonds is 9. The zero-order valence-corrected chi connectivity index (χ0v) is 30.8. The Balaban J connectivity index is 1.20. The topological polar surface area (TPSA) is 50.5 Å². The van der Waals surface area contributed by atoms with Gasteiger partial charge in [0.15, 0.2) is 11.7 Å². The number of aliphatic imine (C=N–C) groups is 2. The highest BCUT2D eigenvalue weighted by Gasteiger charge is 2.47. The van der Waals surface area contributed by atoms with Crippen LogP contribution in [0.15, 0.2) is 222 Å². The third-order valence-electron chi connectivity index (χ3n) is 10.6. The van der Waals surface area contributed by atoms with Gasteiger partial charge in [0.2, 0.25) is 0 Å². The number of amidine groups is 1. The van der Waals surface area contributed by atoms with Crippen LogP contribution in [-0.2, 0) is 11.8 Å². The molecule has 266 valence electrons. The lowest BCUT2D eigenvalue weighted by atomic mass is 9.66. The Labute approximate surface area is 328 Å². The van der Waals surface area contributed by atoms with E-state index in [9.17, 15) is 0 Å². The molecule has 0 atom stereocenters.